The fourth-order valence-corrected chi connectivity index (χ4v) is 1.36. The lowest BCUT2D eigenvalue weighted by molar-refractivity contribution is 0.0834. The van der Waals surface area contributed by atoms with E-state index in [1.165, 1.54) is 0 Å². The highest BCUT2D eigenvalue weighted by Crippen LogP contribution is 2.22. The van der Waals surface area contributed by atoms with E-state index in [1.54, 1.807) is 12.4 Å². The predicted octanol–water partition coefficient (Wildman–Crippen LogP) is 0.720. The normalized spacial score (nSPS) is 26.6. The van der Waals surface area contributed by atoms with E-state index < -0.39 is 0 Å². The molecule has 0 aromatic carbocycles. The van der Waals surface area contributed by atoms with Gasteiger partial charge in [-0.15, -0.1) is 0 Å². The first-order chi connectivity index (χ1) is 6.24. The van der Waals surface area contributed by atoms with Gasteiger partial charge >= 0.3 is 0 Å². The Hall–Kier alpha value is -1.16. The van der Waals surface area contributed by atoms with Gasteiger partial charge in [-0.2, -0.15) is 0 Å². The fraction of sp³-hybridized carbons (Fsp3) is 0.556. The van der Waals surface area contributed by atoms with Crippen molar-refractivity contribution in [3.05, 3.63) is 18.0 Å². The average molecular weight is 179 g/mol. The number of nitrogens with zero attached hydrogens (tertiary/aromatic N) is 2. The summed E-state index contributed by atoms with van der Waals surface area (Å²) in [6, 6.07) is 0.345. The second-order valence-corrected chi connectivity index (χ2v) is 3.55. The van der Waals surface area contributed by atoms with Crippen LogP contribution < -0.4 is 5.32 Å². The van der Waals surface area contributed by atoms with Crippen molar-refractivity contribution in [3.8, 4) is 0 Å². The Morgan fingerprint density at radius 1 is 1.38 bits per heavy atom. The molecule has 0 saturated heterocycles. The zero-order chi connectivity index (χ0) is 9.26. The van der Waals surface area contributed by atoms with Gasteiger partial charge in [-0.3, -0.25) is 0 Å². The van der Waals surface area contributed by atoms with E-state index in [-0.39, 0.29) is 6.10 Å². The standard InChI is InChI=1S/C9H13N3O/c1-6-4-10-9(11-5-6)12-7-2-8(13)3-7/h4-5,7-8,13H,2-3H2,1H3,(H,10,11,12). The van der Waals surface area contributed by atoms with Crippen LogP contribution in [-0.4, -0.2) is 27.2 Å². The van der Waals surface area contributed by atoms with Gasteiger partial charge in [0, 0.05) is 18.4 Å². The third kappa shape index (κ3) is 1.95. The molecule has 1 saturated carbocycles. The van der Waals surface area contributed by atoms with Crippen molar-refractivity contribution in [1.82, 2.24) is 9.97 Å². The molecule has 0 amide bonds. The molecule has 13 heavy (non-hydrogen) atoms. The Labute approximate surface area is 77.0 Å². The van der Waals surface area contributed by atoms with Crippen LogP contribution >= 0.6 is 0 Å². The van der Waals surface area contributed by atoms with Crippen molar-refractivity contribution >= 4 is 5.95 Å². The number of aliphatic hydroxyl groups is 1. The average Bonchev–Trinajstić information content (AvgIpc) is 2.06. The highest BCUT2D eigenvalue weighted by Gasteiger charge is 2.27. The zero-order valence-electron chi connectivity index (χ0n) is 7.57. The van der Waals surface area contributed by atoms with Crippen LogP contribution in [0.2, 0.25) is 0 Å². The summed E-state index contributed by atoms with van der Waals surface area (Å²) >= 11 is 0. The van der Waals surface area contributed by atoms with Crippen molar-refractivity contribution in [2.75, 3.05) is 5.32 Å². The lowest BCUT2D eigenvalue weighted by atomic mass is 9.90. The lowest BCUT2D eigenvalue weighted by Crippen LogP contribution is -2.39. The largest absolute Gasteiger partial charge is 0.393 e. The third-order valence-electron chi connectivity index (χ3n) is 2.23. The third-order valence-corrected chi connectivity index (χ3v) is 2.23. The molecular weight excluding hydrogens is 166 g/mol. The molecule has 1 aliphatic rings. The maximum atomic E-state index is 9.06. The minimum absolute atomic E-state index is 0.136. The van der Waals surface area contributed by atoms with Crippen molar-refractivity contribution in [2.24, 2.45) is 0 Å². The van der Waals surface area contributed by atoms with Crippen molar-refractivity contribution in [3.63, 3.8) is 0 Å². The SMILES string of the molecule is Cc1cnc(NC2CC(O)C2)nc1. The molecule has 1 aromatic rings. The molecule has 1 aliphatic carbocycles. The van der Waals surface area contributed by atoms with Crippen molar-refractivity contribution < 1.29 is 5.11 Å². The number of nitrogens with one attached hydrogen (secondary N) is 1. The molecular formula is C9H13N3O. The summed E-state index contributed by atoms with van der Waals surface area (Å²) in [6.07, 6.45) is 5.03. The minimum Gasteiger partial charge on any atom is -0.393 e. The Morgan fingerprint density at radius 3 is 2.54 bits per heavy atom. The van der Waals surface area contributed by atoms with Gasteiger partial charge in [0.05, 0.1) is 6.10 Å². The quantitative estimate of drug-likeness (QED) is 0.702. The van der Waals surface area contributed by atoms with E-state index in [9.17, 15) is 0 Å². The van der Waals surface area contributed by atoms with E-state index in [4.69, 9.17) is 5.11 Å². The molecule has 4 nitrogen and oxygen atoms in total. The first-order valence-corrected chi connectivity index (χ1v) is 4.47. The molecule has 2 rings (SSSR count). The maximum Gasteiger partial charge on any atom is 0.222 e. The maximum absolute atomic E-state index is 9.06. The van der Waals surface area contributed by atoms with Crippen LogP contribution in [0, 0.1) is 6.92 Å². The molecule has 0 unspecified atom stereocenters. The summed E-state index contributed by atoms with van der Waals surface area (Å²) < 4.78 is 0. The molecule has 70 valence electrons. The smallest absolute Gasteiger partial charge is 0.222 e. The van der Waals surface area contributed by atoms with Gasteiger partial charge in [0.1, 0.15) is 0 Å². The minimum atomic E-state index is -0.136. The van der Waals surface area contributed by atoms with Crippen molar-refractivity contribution in [2.45, 2.75) is 31.9 Å². The predicted molar refractivity (Wildman–Crippen MR) is 49.4 cm³/mol. The summed E-state index contributed by atoms with van der Waals surface area (Å²) in [5.74, 6) is 0.655. The number of hydrogen-bond acceptors (Lipinski definition) is 4. The second-order valence-electron chi connectivity index (χ2n) is 3.55. The van der Waals surface area contributed by atoms with Gasteiger partial charge in [-0.1, -0.05) is 0 Å². The Balaban J connectivity index is 1.91. The zero-order valence-corrected chi connectivity index (χ0v) is 7.57. The first-order valence-electron chi connectivity index (χ1n) is 4.47. The van der Waals surface area contributed by atoms with Gasteiger partial charge in [-0.05, 0) is 25.3 Å². The van der Waals surface area contributed by atoms with Crippen LogP contribution in [0.1, 0.15) is 18.4 Å². The van der Waals surface area contributed by atoms with E-state index in [2.05, 4.69) is 15.3 Å². The van der Waals surface area contributed by atoms with E-state index in [0.717, 1.165) is 18.4 Å². The Kier molecular flexibility index (Phi) is 2.14. The summed E-state index contributed by atoms with van der Waals surface area (Å²) in [6.45, 7) is 1.96. The van der Waals surface area contributed by atoms with Gasteiger partial charge < -0.3 is 10.4 Å². The fourth-order valence-electron chi connectivity index (χ4n) is 1.36. The number of aromatic nitrogens is 2. The molecule has 1 aromatic heterocycles. The molecule has 0 spiro atoms. The van der Waals surface area contributed by atoms with Gasteiger partial charge in [0.2, 0.25) is 5.95 Å². The highest BCUT2D eigenvalue weighted by atomic mass is 16.3. The summed E-state index contributed by atoms with van der Waals surface area (Å²) in [5.41, 5.74) is 1.05. The lowest BCUT2D eigenvalue weighted by Gasteiger charge is -2.31. The molecule has 0 radical (unpaired) electrons. The summed E-state index contributed by atoms with van der Waals surface area (Å²) in [5, 5.41) is 12.2. The summed E-state index contributed by atoms with van der Waals surface area (Å²) in [7, 11) is 0. The van der Waals surface area contributed by atoms with Gasteiger partial charge in [0.25, 0.3) is 0 Å². The van der Waals surface area contributed by atoms with Crippen LogP contribution in [0.5, 0.6) is 0 Å². The highest BCUT2D eigenvalue weighted by molar-refractivity contribution is 5.27. The summed E-state index contributed by atoms with van der Waals surface area (Å²) in [4.78, 5) is 8.24. The van der Waals surface area contributed by atoms with E-state index in [1.807, 2.05) is 6.92 Å². The van der Waals surface area contributed by atoms with Crippen molar-refractivity contribution in [1.29, 1.82) is 0 Å². The number of rotatable bonds is 2. The van der Waals surface area contributed by atoms with Gasteiger partial charge in [-0.25, -0.2) is 9.97 Å². The first kappa shape index (κ1) is 8.44. The molecule has 0 aliphatic heterocycles. The topological polar surface area (TPSA) is 58.0 Å². The second kappa shape index (κ2) is 3.30. The number of aryl methyl sites for hydroxylation is 1. The Morgan fingerprint density at radius 2 is 2.00 bits per heavy atom. The van der Waals surface area contributed by atoms with Crippen LogP contribution in [0.3, 0.4) is 0 Å². The molecule has 0 atom stereocenters. The number of aliphatic hydroxyl groups excluding tert-OH is 1. The molecule has 4 heteroatoms. The van der Waals surface area contributed by atoms with E-state index >= 15 is 0 Å². The van der Waals surface area contributed by atoms with Crippen LogP contribution in [0.15, 0.2) is 12.4 Å². The Bertz CT molecular complexity index is 279. The molecule has 2 N–H and O–H groups in total. The van der Waals surface area contributed by atoms with E-state index in [0.29, 0.717) is 12.0 Å². The number of anilines is 1. The van der Waals surface area contributed by atoms with Crippen LogP contribution in [0.25, 0.3) is 0 Å². The van der Waals surface area contributed by atoms with Gasteiger partial charge in [0.15, 0.2) is 0 Å². The van der Waals surface area contributed by atoms with Crippen LogP contribution in [-0.2, 0) is 0 Å². The molecule has 1 heterocycles. The number of hydrogen-bond donors (Lipinski definition) is 2. The molecule has 1 fully saturated rings. The van der Waals surface area contributed by atoms with Crippen LogP contribution in [0.4, 0.5) is 5.95 Å². The monoisotopic (exact) mass is 179 g/mol. The molecule has 0 bridgehead atoms.